The van der Waals surface area contributed by atoms with E-state index in [-0.39, 0.29) is 17.8 Å². The highest BCUT2D eigenvalue weighted by Crippen LogP contribution is 2.43. The molecule has 118 valence electrons. The average Bonchev–Trinajstić information content (AvgIpc) is 2.94. The number of hydrogen-bond acceptors (Lipinski definition) is 5. The second-order valence-electron chi connectivity index (χ2n) is 5.33. The Hall–Kier alpha value is -0.530. The van der Waals surface area contributed by atoms with E-state index >= 15 is 0 Å². The van der Waals surface area contributed by atoms with Gasteiger partial charge in [-0.1, -0.05) is 0 Å². The van der Waals surface area contributed by atoms with E-state index < -0.39 is 12.3 Å². The van der Waals surface area contributed by atoms with Gasteiger partial charge in [0.15, 0.2) is 0 Å². The molecule has 4 nitrogen and oxygen atoms in total. The molecule has 1 atom stereocenters. The Morgan fingerprint density at radius 2 is 2.24 bits per heavy atom. The van der Waals surface area contributed by atoms with E-state index in [4.69, 9.17) is 4.74 Å². The number of aliphatic hydroxyl groups is 1. The molecule has 0 saturated heterocycles. The van der Waals surface area contributed by atoms with Crippen molar-refractivity contribution >= 4 is 33.2 Å². The van der Waals surface area contributed by atoms with Crippen molar-refractivity contribution in [2.45, 2.75) is 38.2 Å². The Bertz CT molecular complexity index is 490. The molecule has 0 amide bonds. The topological polar surface area (TPSA) is 59.4 Å². The summed E-state index contributed by atoms with van der Waals surface area (Å²) in [5.74, 6) is -0.531. The fraction of sp³-hybridized carbons (Fsp3) is 0.714. The maximum Gasteiger partial charge on any atom is 0.308 e. The van der Waals surface area contributed by atoms with Gasteiger partial charge in [-0.15, -0.1) is 11.3 Å². The van der Waals surface area contributed by atoms with Crippen LogP contribution in [0.1, 0.15) is 37.6 Å². The number of carbonyl (C=O) groups excluding carboxylic acids is 1. The number of halogens is 2. The fourth-order valence-electron chi connectivity index (χ4n) is 2.86. The zero-order chi connectivity index (χ0) is 15.5. The van der Waals surface area contributed by atoms with Gasteiger partial charge in [0.25, 0.3) is 0 Å². The highest BCUT2D eigenvalue weighted by atomic mass is 79.9. The van der Waals surface area contributed by atoms with E-state index in [0.29, 0.717) is 37.3 Å². The Morgan fingerprint density at radius 1 is 1.57 bits per heavy atom. The van der Waals surface area contributed by atoms with Crippen LogP contribution in [0.4, 0.5) is 4.39 Å². The number of ether oxygens (including phenoxy) is 1. The molecule has 7 heteroatoms. The van der Waals surface area contributed by atoms with Gasteiger partial charge in [-0.2, -0.15) is 0 Å². The van der Waals surface area contributed by atoms with Gasteiger partial charge >= 0.3 is 5.97 Å². The maximum absolute atomic E-state index is 13.5. The molecule has 1 fully saturated rings. The first kappa shape index (κ1) is 16.8. The van der Waals surface area contributed by atoms with Crippen molar-refractivity contribution in [3.8, 4) is 0 Å². The number of aromatic nitrogens is 1. The summed E-state index contributed by atoms with van der Waals surface area (Å²) in [4.78, 5) is 15.8. The quantitative estimate of drug-likeness (QED) is 0.796. The number of thiazole rings is 1. The van der Waals surface area contributed by atoms with E-state index in [1.54, 1.807) is 13.1 Å². The molecule has 0 bridgehead atoms. The summed E-state index contributed by atoms with van der Waals surface area (Å²) in [5, 5.41) is 11.1. The lowest BCUT2D eigenvalue weighted by molar-refractivity contribution is -0.150. The summed E-state index contributed by atoms with van der Waals surface area (Å²) in [6.07, 6.45) is 4.02. The zero-order valence-electron chi connectivity index (χ0n) is 11.8. The Morgan fingerprint density at radius 3 is 2.71 bits per heavy atom. The largest absolute Gasteiger partial charge is 0.466 e. The molecule has 0 aliphatic heterocycles. The lowest BCUT2D eigenvalue weighted by atomic mass is 9.74. The predicted octanol–water partition coefficient (Wildman–Crippen LogP) is 3.43. The molecule has 1 aliphatic rings. The highest BCUT2D eigenvalue weighted by molar-refractivity contribution is 9.11. The van der Waals surface area contributed by atoms with Crippen molar-refractivity contribution in [3.63, 3.8) is 0 Å². The number of alkyl halides is 1. The first-order valence-electron chi connectivity index (χ1n) is 7.08. The van der Waals surface area contributed by atoms with Crippen LogP contribution in [0.25, 0.3) is 0 Å². The number of rotatable bonds is 5. The minimum atomic E-state index is -1.55. The van der Waals surface area contributed by atoms with Gasteiger partial charge in [0.05, 0.1) is 22.5 Å². The minimum Gasteiger partial charge on any atom is -0.466 e. The third kappa shape index (κ3) is 3.63. The van der Waals surface area contributed by atoms with Crippen LogP contribution in [0.15, 0.2) is 9.98 Å². The average molecular weight is 380 g/mol. The lowest BCUT2D eigenvalue weighted by Crippen LogP contribution is -2.40. The number of nitrogens with zero attached hydrogens (tertiary/aromatic N) is 1. The normalized spacial score (nSPS) is 25.3. The van der Waals surface area contributed by atoms with E-state index in [1.165, 1.54) is 11.3 Å². The van der Waals surface area contributed by atoms with Gasteiger partial charge < -0.3 is 9.84 Å². The Balaban J connectivity index is 2.04. The van der Waals surface area contributed by atoms with Gasteiger partial charge in [0, 0.05) is 0 Å². The first-order valence-corrected chi connectivity index (χ1v) is 8.69. The van der Waals surface area contributed by atoms with Gasteiger partial charge in [0.1, 0.15) is 17.3 Å². The van der Waals surface area contributed by atoms with Crippen LogP contribution in [-0.4, -0.2) is 29.3 Å². The van der Waals surface area contributed by atoms with Gasteiger partial charge in [0.2, 0.25) is 0 Å². The summed E-state index contributed by atoms with van der Waals surface area (Å²) in [5.41, 5.74) is -1.55. The van der Waals surface area contributed by atoms with Crippen molar-refractivity contribution in [1.29, 1.82) is 0 Å². The third-order valence-electron chi connectivity index (χ3n) is 4.07. The number of hydrogen-bond donors (Lipinski definition) is 1. The number of esters is 1. The molecule has 1 N–H and O–H groups in total. The smallest absolute Gasteiger partial charge is 0.308 e. The molecule has 0 aromatic carbocycles. The van der Waals surface area contributed by atoms with Crippen LogP contribution in [-0.2, 0) is 15.1 Å². The summed E-state index contributed by atoms with van der Waals surface area (Å²) >= 11 is 4.54. The van der Waals surface area contributed by atoms with E-state index in [1.807, 2.05) is 0 Å². The van der Waals surface area contributed by atoms with Crippen molar-refractivity contribution in [2.24, 2.45) is 11.8 Å². The zero-order valence-corrected chi connectivity index (χ0v) is 14.3. The lowest BCUT2D eigenvalue weighted by Gasteiger charge is -2.36. The second kappa shape index (κ2) is 7.15. The van der Waals surface area contributed by atoms with Crippen LogP contribution in [0.2, 0.25) is 0 Å². The van der Waals surface area contributed by atoms with Crippen LogP contribution in [0.5, 0.6) is 0 Å². The van der Waals surface area contributed by atoms with E-state index in [2.05, 4.69) is 20.9 Å². The molecule has 1 saturated carbocycles. The van der Waals surface area contributed by atoms with Crippen molar-refractivity contribution < 1.29 is 19.0 Å². The second-order valence-corrected chi connectivity index (χ2v) is 7.74. The fourth-order valence-corrected chi connectivity index (χ4v) is 4.22. The molecule has 2 rings (SSSR count). The van der Waals surface area contributed by atoms with Crippen LogP contribution in [0.3, 0.4) is 0 Å². The third-order valence-corrected chi connectivity index (χ3v) is 5.72. The monoisotopic (exact) mass is 379 g/mol. The summed E-state index contributed by atoms with van der Waals surface area (Å²) in [6.45, 7) is 1.30. The molecule has 21 heavy (non-hydrogen) atoms. The highest BCUT2D eigenvalue weighted by Gasteiger charge is 2.44. The molecular weight excluding hydrogens is 361 g/mol. The standard InChI is InChI=1S/C14H19BrFNO3S/c1-2-20-12(18)9-3-5-10(6-4-9)14(19,8-16)13-17-7-11(15)21-13/h7,9-10,19H,2-6,8H2,1H3/t9-,10-,14?. The Kier molecular flexibility index (Phi) is 5.73. The minimum absolute atomic E-state index is 0.131. The SMILES string of the molecule is CCOC(=O)[C@H]1CC[C@H](C(O)(CF)c2ncc(Br)s2)CC1. The summed E-state index contributed by atoms with van der Waals surface area (Å²) in [7, 11) is 0. The van der Waals surface area contributed by atoms with Gasteiger partial charge in [-0.05, 0) is 54.5 Å². The van der Waals surface area contributed by atoms with Crippen molar-refractivity contribution in [2.75, 3.05) is 13.3 Å². The van der Waals surface area contributed by atoms with E-state index in [9.17, 15) is 14.3 Å². The molecule has 0 spiro atoms. The summed E-state index contributed by atoms with van der Waals surface area (Å²) in [6, 6.07) is 0. The maximum atomic E-state index is 13.5. The molecule has 1 heterocycles. The van der Waals surface area contributed by atoms with Gasteiger partial charge in [-0.25, -0.2) is 9.37 Å². The molecule has 1 aromatic heterocycles. The Labute approximate surface area is 135 Å². The molecule has 1 aromatic rings. The van der Waals surface area contributed by atoms with Gasteiger partial charge in [-0.3, -0.25) is 4.79 Å². The van der Waals surface area contributed by atoms with Crippen LogP contribution in [0, 0.1) is 11.8 Å². The number of carbonyl (C=O) groups is 1. The molecule has 1 unspecified atom stereocenters. The van der Waals surface area contributed by atoms with Crippen molar-refractivity contribution in [1.82, 2.24) is 4.98 Å². The van der Waals surface area contributed by atoms with Crippen molar-refractivity contribution in [3.05, 3.63) is 15.0 Å². The van der Waals surface area contributed by atoms with Crippen LogP contribution < -0.4 is 0 Å². The molecule has 0 radical (unpaired) electrons. The predicted molar refractivity (Wildman–Crippen MR) is 81.8 cm³/mol. The van der Waals surface area contributed by atoms with Crippen LogP contribution >= 0.6 is 27.3 Å². The first-order chi connectivity index (χ1) is 10.0. The molecule has 1 aliphatic carbocycles. The molecular formula is C14H19BrFNO3S. The van der Waals surface area contributed by atoms with E-state index in [0.717, 1.165) is 3.79 Å². The summed E-state index contributed by atoms with van der Waals surface area (Å²) < 4.78 is 19.3.